The van der Waals surface area contributed by atoms with Gasteiger partial charge in [-0.25, -0.2) is 4.98 Å². The molecule has 2 aromatic rings. The molecule has 0 radical (unpaired) electrons. The summed E-state index contributed by atoms with van der Waals surface area (Å²) in [5.41, 5.74) is 0.328. The zero-order valence-electron chi connectivity index (χ0n) is 12.2. The number of hydrogen-bond acceptors (Lipinski definition) is 4. The van der Waals surface area contributed by atoms with Crippen LogP contribution in [0.4, 0.5) is 0 Å². The first kappa shape index (κ1) is 13.8. The van der Waals surface area contributed by atoms with E-state index in [9.17, 15) is 9.59 Å². The van der Waals surface area contributed by atoms with Crippen LogP contribution in [0.15, 0.2) is 17.3 Å². The highest BCUT2D eigenvalue weighted by molar-refractivity contribution is 5.77. The van der Waals surface area contributed by atoms with Gasteiger partial charge in [0.15, 0.2) is 5.65 Å². The number of carbonyl (C=O) groups is 1. The molecule has 112 valence electrons. The Hall–Kier alpha value is -2.18. The molecule has 1 fully saturated rings. The van der Waals surface area contributed by atoms with Crippen LogP contribution in [0, 0.1) is 0 Å². The Morgan fingerprint density at radius 1 is 1.24 bits per heavy atom. The van der Waals surface area contributed by atoms with E-state index in [4.69, 9.17) is 0 Å². The standard InChI is InChI=1S/C14H19N5O2/c1-17-13-11(8-16-17)14(21)19(10-15-13)9-12(20)18-6-4-2-3-5-7-18/h8,10H,2-7,9H2,1H3. The van der Waals surface area contributed by atoms with Crippen molar-refractivity contribution in [3.05, 3.63) is 22.9 Å². The normalized spacial score (nSPS) is 16.1. The predicted octanol–water partition coefficient (Wildman–Crippen LogP) is 0.533. The number of nitrogens with zero attached hydrogens (tertiary/aromatic N) is 5. The Morgan fingerprint density at radius 2 is 1.95 bits per heavy atom. The van der Waals surface area contributed by atoms with Gasteiger partial charge >= 0.3 is 0 Å². The zero-order valence-corrected chi connectivity index (χ0v) is 12.2. The van der Waals surface area contributed by atoms with Crippen molar-refractivity contribution in [3.8, 4) is 0 Å². The lowest BCUT2D eigenvalue weighted by atomic mass is 10.2. The van der Waals surface area contributed by atoms with Crippen LogP contribution in [-0.2, 0) is 18.4 Å². The monoisotopic (exact) mass is 289 g/mol. The van der Waals surface area contributed by atoms with E-state index in [1.165, 1.54) is 29.9 Å². The van der Waals surface area contributed by atoms with Crippen molar-refractivity contribution in [2.24, 2.45) is 7.05 Å². The van der Waals surface area contributed by atoms with Gasteiger partial charge in [-0.05, 0) is 12.8 Å². The molecule has 21 heavy (non-hydrogen) atoms. The molecule has 0 aromatic carbocycles. The van der Waals surface area contributed by atoms with Crippen LogP contribution in [0.1, 0.15) is 25.7 Å². The third kappa shape index (κ3) is 2.68. The highest BCUT2D eigenvalue weighted by Crippen LogP contribution is 2.10. The minimum Gasteiger partial charge on any atom is -0.341 e. The summed E-state index contributed by atoms with van der Waals surface area (Å²) >= 11 is 0. The Bertz CT molecular complexity index is 710. The molecular formula is C14H19N5O2. The summed E-state index contributed by atoms with van der Waals surface area (Å²) in [6.45, 7) is 1.63. The third-order valence-corrected chi connectivity index (χ3v) is 3.98. The number of hydrogen-bond donors (Lipinski definition) is 0. The molecule has 0 atom stereocenters. The molecule has 1 aliphatic heterocycles. The minimum atomic E-state index is -0.212. The molecule has 0 bridgehead atoms. The summed E-state index contributed by atoms with van der Waals surface area (Å²) in [5.74, 6) is -0.0101. The maximum Gasteiger partial charge on any atom is 0.264 e. The summed E-state index contributed by atoms with van der Waals surface area (Å²) < 4.78 is 2.93. The first-order valence-electron chi connectivity index (χ1n) is 7.32. The molecule has 1 saturated heterocycles. The summed E-state index contributed by atoms with van der Waals surface area (Å²) in [4.78, 5) is 30.7. The van der Waals surface area contributed by atoms with E-state index in [1.807, 2.05) is 4.90 Å². The molecule has 1 amide bonds. The predicted molar refractivity (Wildman–Crippen MR) is 77.8 cm³/mol. The fourth-order valence-electron chi connectivity index (χ4n) is 2.75. The van der Waals surface area contributed by atoms with Gasteiger partial charge in [0.2, 0.25) is 5.91 Å². The van der Waals surface area contributed by atoms with E-state index in [1.54, 1.807) is 11.7 Å². The fraction of sp³-hybridized carbons (Fsp3) is 0.571. The molecule has 7 nitrogen and oxygen atoms in total. The van der Waals surface area contributed by atoms with Gasteiger partial charge in [-0.1, -0.05) is 12.8 Å². The van der Waals surface area contributed by atoms with Crippen molar-refractivity contribution in [2.45, 2.75) is 32.2 Å². The molecule has 7 heteroatoms. The lowest BCUT2D eigenvalue weighted by molar-refractivity contribution is -0.131. The van der Waals surface area contributed by atoms with Gasteiger partial charge in [0.1, 0.15) is 18.3 Å². The number of likely N-dealkylation sites (tertiary alicyclic amines) is 1. The van der Waals surface area contributed by atoms with Crippen LogP contribution < -0.4 is 5.56 Å². The Balaban J connectivity index is 1.82. The summed E-state index contributed by atoms with van der Waals surface area (Å²) in [6, 6.07) is 0. The van der Waals surface area contributed by atoms with Gasteiger partial charge in [-0.15, -0.1) is 0 Å². The summed E-state index contributed by atoms with van der Waals surface area (Å²) in [5, 5.41) is 4.47. The highest BCUT2D eigenvalue weighted by atomic mass is 16.2. The second-order valence-electron chi connectivity index (χ2n) is 5.48. The van der Waals surface area contributed by atoms with Crippen molar-refractivity contribution < 1.29 is 4.79 Å². The number of aromatic nitrogens is 4. The van der Waals surface area contributed by atoms with E-state index < -0.39 is 0 Å². The number of fused-ring (bicyclic) bond motifs is 1. The van der Waals surface area contributed by atoms with Gasteiger partial charge in [0.05, 0.1) is 6.20 Å². The minimum absolute atomic E-state index is 0.0101. The molecule has 0 saturated carbocycles. The van der Waals surface area contributed by atoms with Crippen molar-refractivity contribution in [1.82, 2.24) is 24.2 Å². The molecule has 3 heterocycles. The topological polar surface area (TPSA) is 73.0 Å². The van der Waals surface area contributed by atoms with Crippen LogP contribution in [-0.4, -0.2) is 43.2 Å². The second kappa shape index (κ2) is 5.67. The van der Waals surface area contributed by atoms with E-state index in [0.29, 0.717) is 11.0 Å². The first-order valence-corrected chi connectivity index (χ1v) is 7.32. The second-order valence-corrected chi connectivity index (χ2v) is 5.48. The van der Waals surface area contributed by atoms with Crippen molar-refractivity contribution in [2.75, 3.05) is 13.1 Å². The van der Waals surface area contributed by atoms with E-state index in [0.717, 1.165) is 25.9 Å². The molecule has 3 rings (SSSR count). The molecule has 0 spiro atoms. The lowest BCUT2D eigenvalue weighted by Gasteiger charge is -2.20. The van der Waals surface area contributed by atoms with Crippen LogP contribution in [0.25, 0.3) is 11.0 Å². The lowest BCUT2D eigenvalue weighted by Crippen LogP contribution is -2.37. The molecule has 2 aromatic heterocycles. The van der Waals surface area contributed by atoms with Gasteiger partial charge in [0.25, 0.3) is 5.56 Å². The number of amides is 1. The average Bonchev–Trinajstić information content (AvgIpc) is 2.70. The van der Waals surface area contributed by atoms with Gasteiger partial charge in [0, 0.05) is 20.1 Å². The molecule has 0 unspecified atom stereocenters. The Morgan fingerprint density at radius 3 is 2.67 bits per heavy atom. The van der Waals surface area contributed by atoms with Crippen LogP contribution in [0.3, 0.4) is 0 Å². The largest absolute Gasteiger partial charge is 0.341 e. The van der Waals surface area contributed by atoms with Crippen LogP contribution >= 0.6 is 0 Å². The number of carbonyl (C=O) groups excluding carboxylic acids is 1. The maximum absolute atomic E-state index is 12.3. The number of aryl methyl sites for hydroxylation is 1. The molecule has 0 N–H and O–H groups in total. The Labute approximate surface area is 122 Å². The fourth-order valence-corrected chi connectivity index (χ4v) is 2.75. The zero-order chi connectivity index (χ0) is 14.8. The first-order chi connectivity index (χ1) is 10.2. The van der Waals surface area contributed by atoms with Crippen molar-refractivity contribution in [1.29, 1.82) is 0 Å². The van der Waals surface area contributed by atoms with E-state index in [-0.39, 0.29) is 18.0 Å². The summed E-state index contributed by atoms with van der Waals surface area (Å²) in [7, 11) is 1.74. The van der Waals surface area contributed by atoms with Crippen LogP contribution in [0.2, 0.25) is 0 Å². The van der Waals surface area contributed by atoms with Crippen molar-refractivity contribution >= 4 is 16.9 Å². The highest BCUT2D eigenvalue weighted by Gasteiger charge is 2.17. The van der Waals surface area contributed by atoms with Gasteiger partial charge in [-0.2, -0.15) is 5.10 Å². The van der Waals surface area contributed by atoms with E-state index >= 15 is 0 Å². The van der Waals surface area contributed by atoms with E-state index in [2.05, 4.69) is 10.1 Å². The smallest absolute Gasteiger partial charge is 0.264 e. The van der Waals surface area contributed by atoms with Gasteiger partial charge in [-0.3, -0.25) is 18.8 Å². The maximum atomic E-state index is 12.3. The van der Waals surface area contributed by atoms with Crippen molar-refractivity contribution in [3.63, 3.8) is 0 Å². The average molecular weight is 289 g/mol. The quantitative estimate of drug-likeness (QED) is 0.808. The SMILES string of the molecule is Cn1ncc2c(=O)n(CC(=O)N3CCCCCC3)cnc21. The Kier molecular flexibility index (Phi) is 3.72. The number of rotatable bonds is 2. The molecule has 0 aliphatic carbocycles. The van der Waals surface area contributed by atoms with Gasteiger partial charge < -0.3 is 4.90 Å². The molecule has 1 aliphatic rings. The molecular weight excluding hydrogens is 270 g/mol. The van der Waals surface area contributed by atoms with Crippen LogP contribution in [0.5, 0.6) is 0 Å². The third-order valence-electron chi connectivity index (χ3n) is 3.98. The summed E-state index contributed by atoms with van der Waals surface area (Å²) in [6.07, 6.45) is 7.36.